The summed E-state index contributed by atoms with van der Waals surface area (Å²) in [5, 5.41) is 3.69. The number of benzene rings is 2. The molecule has 0 aromatic heterocycles. The molecule has 9 heteroatoms. The molecule has 4 rings (SSSR count). The molecule has 2 aromatic rings. The summed E-state index contributed by atoms with van der Waals surface area (Å²) in [6.07, 6.45) is 1.39. The second-order valence-electron chi connectivity index (χ2n) is 7.51. The van der Waals surface area contributed by atoms with Crippen molar-refractivity contribution in [2.45, 2.75) is 18.9 Å². The molecule has 2 fully saturated rings. The Kier molecular flexibility index (Phi) is 5.79. The first kappa shape index (κ1) is 20.8. The molecule has 1 atom stereocenters. The van der Waals surface area contributed by atoms with Crippen LogP contribution in [0.3, 0.4) is 0 Å². The lowest BCUT2D eigenvalue weighted by Gasteiger charge is -2.22. The summed E-state index contributed by atoms with van der Waals surface area (Å²) in [5.41, 5.74) is 1.90. The van der Waals surface area contributed by atoms with Crippen LogP contribution in [0.15, 0.2) is 42.5 Å². The SMILES string of the molecule is COc1ccc(Cl)cc1N1CC[C@@H](NC(=O)c2cccc(N3CCCS3(=O)=O)c2)C1. The van der Waals surface area contributed by atoms with Crippen molar-refractivity contribution < 1.29 is 17.9 Å². The fourth-order valence-electron chi connectivity index (χ4n) is 4.01. The number of hydrogen-bond acceptors (Lipinski definition) is 5. The second kappa shape index (κ2) is 8.35. The van der Waals surface area contributed by atoms with E-state index in [0.29, 0.717) is 35.8 Å². The lowest BCUT2D eigenvalue weighted by atomic mass is 10.1. The van der Waals surface area contributed by atoms with Crippen LogP contribution in [0.4, 0.5) is 11.4 Å². The summed E-state index contributed by atoms with van der Waals surface area (Å²) in [4.78, 5) is 14.9. The zero-order valence-electron chi connectivity index (χ0n) is 16.7. The molecular weight excluding hydrogens is 426 g/mol. The Hall–Kier alpha value is -2.45. The van der Waals surface area contributed by atoms with Crippen LogP contribution >= 0.6 is 11.6 Å². The van der Waals surface area contributed by atoms with Gasteiger partial charge in [0.05, 0.1) is 24.2 Å². The molecular formula is C21H24ClN3O4S. The number of anilines is 2. The van der Waals surface area contributed by atoms with E-state index in [1.54, 1.807) is 37.4 Å². The standard InChI is InChI=1S/C21H24ClN3O4S/c1-29-20-7-6-16(22)13-19(20)24-10-8-17(14-24)23-21(26)15-4-2-5-18(12-15)25-9-3-11-30(25,27)28/h2,4-7,12-13,17H,3,8-11,14H2,1H3,(H,23,26)/t17-/m1/s1. The number of carbonyl (C=O) groups is 1. The maximum atomic E-state index is 12.8. The molecule has 160 valence electrons. The summed E-state index contributed by atoms with van der Waals surface area (Å²) < 4.78 is 31.2. The molecule has 0 spiro atoms. The smallest absolute Gasteiger partial charge is 0.251 e. The lowest BCUT2D eigenvalue weighted by molar-refractivity contribution is 0.0940. The molecule has 1 amide bonds. The van der Waals surface area contributed by atoms with E-state index in [1.807, 2.05) is 12.1 Å². The zero-order chi connectivity index (χ0) is 21.3. The predicted molar refractivity (Wildman–Crippen MR) is 118 cm³/mol. The van der Waals surface area contributed by atoms with Gasteiger partial charge in [0.1, 0.15) is 5.75 Å². The Morgan fingerprint density at radius 3 is 2.77 bits per heavy atom. The van der Waals surface area contributed by atoms with Gasteiger partial charge >= 0.3 is 0 Å². The Labute approximate surface area is 181 Å². The van der Waals surface area contributed by atoms with Gasteiger partial charge < -0.3 is 15.0 Å². The number of methoxy groups -OCH3 is 1. The first-order valence-electron chi connectivity index (χ1n) is 9.87. The highest BCUT2D eigenvalue weighted by Crippen LogP contribution is 2.33. The fourth-order valence-corrected chi connectivity index (χ4v) is 5.73. The summed E-state index contributed by atoms with van der Waals surface area (Å²) in [5.74, 6) is 0.679. The third kappa shape index (κ3) is 4.20. The Balaban J connectivity index is 1.44. The maximum absolute atomic E-state index is 12.8. The van der Waals surface area contributed by atoms with E-state index < -0.39 is 10.0 Å². The van der Waals surface area contributed by atoms with Crippen molar-refractivity contribution in [3.63, 3.8) is 0 Å². The van der Waals surface area contributed by atoms with E-state index >= 15 is 0 Å². The second-order valence-corrected chi connectivity index (χ2v) is 9.96. The quantitative estimate of drug-likeness (QED) is 0.759. The number of halogens is 1. The van der Waals surface area contributed by atoms with Crippen molar-refractivity contribution in [2.24, 2.45) is 0 Å². The van der Waals surface area contributed by atoms with Crippen molar-refractivity contribution in [2.75, 3.05) is 41.7 Å². The summed E-state index contributed by atoms with van der Waals surface area (Å²) in [7, 11) is -1.66. The normalized spacial score (nSPS) is 20.4. The van der Waals surface area contributed by atoms with Crippen molar-refractivity contribution >= 4 is 38.9 Å². The van der Waals surface area contributed by atoms with Gasteiger partial charge in [-0.1, -0.05) is 17.7 Å². The average Bonchev–Trinajstić information content (AvgIpc) is 3.33. The monoisotopic (exact) mass is 449 g/mol. The van der Waals surface area contributed by atoms with Crippen LogP contribution in [-0.4, -0.2) is 52.9 Å². The summed E-state index contributed by atoms with van der Waals surface area (Å²) >= 11 is 6.14. The molecule has 2 saturated heterocycles. The molecule has 0 saturated carbocycles. The average molecular weight is 450 g/mol. The first-order valence-corrected chi connectivity index (χ1v) is 11.9. The van der Waals surface area contributed by atoms with Crippen LogP contribution in [0.25, 0.3) is 0 Å². The molecule has 0 unspecified atom stereocenters. The van der Waals surface area contributed by atoms with Crippen molar-refractivity contribution in [3.05, 3.63) is 53.1 Å². The zero-order valence-corrected chi connectivity index (χ0v) is 18.2. The van der Waals surface area contributed by atoms with Gasteiger partial charge in [-0.05, 0) is 49.2 Å². The fraction of sp³-hybridized carbons (Fsp3) is 0.381. The van der Waals surface area contributed by atoms with Gasteiger partial charge in [-0.25, -0.2) is 8.42 Å². The summed E-state index contributed by atoms with van der Waals surface area (Å²) in [6.45, 7) is 1.86. The number of carbonyl (C=O) groups excluding carboxylic acids is 1. The molecule has 2 heterocycles. The molecule has 0 bridgehead atoms. The van der Waals surface area contributed by atoms with Crippen LogP contribution in [0.5, 0.6) is 5.75 Å². The molecule has 7 nitrogen and oxygen atoms in total. The van der Waals surface area contributed by atoms with E-state index in [-0.39, 0.29) is 17.7 Å². The lowest BCUT2D eigenvalue weighted by Crippen LogP contribution is -2.37. The predicted octanol–water partition coefficient (Wildman–Crippen LogP) is 2.90. The van der Waals surface area contributed by atoms with Crippen LogP contribution < -0.4 is 19.3 Å². The molecule has 0 aliphatic carbocycles. The Bertz CT molecular complexity index is 1060. The number of rotatable bonds is 5. The maximum Gasteiger partial charge on any atom is 0.251 e. The highest BCUT2D eigenvalue weighted by atomic mass is 35.5. The van der Waals surface area contributed by atoms with Crippen molar-refractivity contribution in [3.8, 4) is 5.75 Å². The third-order valence-electron chi connectivity index (χ3n) is 5.50. The van der Waals surface area contributed by atoms with Gasteiger partial charge in [0.2, 0.25) is 10.0 Å². The molecule has 2 aliphatic rings. The van der Waals surface area contributed by atoms with E-state index in [4.69, 9.17) is 16.3 Å². The number of ether oxygens (including phenoxy) is 1. The molecule has 2 aromatic carbocycles. The van der Waals surface area contributed by atoms with Gasteiger partial charge in [0.25, 0.3) is 5.91 Å². The van der Waals surface area contributed by atoms with Gasteiger partial charge in [-0.3, -0.25) is 9.10 Å². The highest BCUT2D eigenvalue weighted by Gasteiger charge is 2.30. The van der Waals surface area contributed by atoms with Gasteiger partial charge in [0, 0.05) is 36.3 Å². The van der Waals surface area contributed by atoms with E-state index in [2.05, 4.69) is 10.2 Å². The number of amides is 1. The first-order chi connectivity index (χ1) is 14.4. The van der Waals surface area contributed by atoms with E-state index in [1.165, 1.54) is 4.31 Å². The van der Waals surface area contributed by atoms with Crippen LogP contribution in [0.1, 0.15) is 23.2 Å². The van der Waals surface area contributed by atoms with Crippen LogP contribution in [0, 0.1) is 0 Å². The topological polar surface area (TPSA) is 79.0 Å². The van der Waals surface area contributed by atoms with E-state index in [0.717, 1.165) is 24.4 Å². The van der Waals surface area contributed by atoms with Crippen LogP contribution in [-0.2, 0) is 10.0 Å². The molecule has 0 radical (unpaired) electrons. The minimum absolute atomic E-state index is 0.0274. The van der Waals surface area contributed by atoms with E-state index in [9.17, 15) is 13.2 Å². The van der Waals surface area contributed by atoms with Crippen molar-refractivity contribution in [1.29, 1.82) is 0 Å². The molecule has 2 aliphatic heterocycles. The molecule has 1 N–H and O–H groups in total. The van der Waals surface area contributed by atoms with Crippen LogP contribution in [0.2, 0.25) is 5.02 Å². The summed E-state index contributed by atoms with van der Waals surface area (Å²) in [6, 6.07) is 12.2. The Morgan fingerprint density at radius 1 is 1.20 bits per heavy atom. The van der Waals surface area contributed by atoms with Gasteiger partial charge in [-0.15, -0.1) is 0 Å². The van der Waals surface area contributed by atoms with Gasteiger partial charge in [-0.2, -0.15) is 0 Å². The van der Waals surface area contributed by atoms with Gasteiger partial charge in [0.15, 0.2) is 0 Å². The highest BCUT2D eigenvalue weighted by molar-refractivity contribution is 7.93. The third-order valence-corrected chi connectivity index (χ3v) is 7.61. The van der Waals surface area contributed by atoms with Crippen molar-refractivity contribution in [1.82, 2.24) is 5.32 Å². The number of sulfonamides is 1. The molecule has 30 heavy (non-hydrogen) atoms. The number of nitrogens with zero attached hydrogens (tertiary/aromatic N) is 2. The minimum atomic E-state index is -3.28. The number of hydrogen-bond donors (Lipinski definition) is 1. The largest absolute Gasteiger partial charge is 0.495 e. The Morgan fingerprint density at radius 2 is 2.03 bits per heavy atom. The number of nitrogens with one attached hydrogen (secondary N) is 1. The minimum Gasteiger partial charge on any atom is -0.495 e.